The van der Waals surface area contributed by atoms with Gasteiger partial charge in [-0.15, -0.1) is 0 Å². The van der Waals surface area contributed by atoms with Crippen molar-refractivity contribution >= 4 is 11.9 Å². The first kappa shape index (κ1) is 16.7. The molecule has 1 amide bonds. The molecule has 2 N–H and O–H groups in total. The van der Waals surface area contributed by atoms with E-state index in [1.165, 1.54) is 6.20 Å². The number of carbonyl (C=O) groups excluding carboxylic acids is 2. The van der Waals surface area contributed by atoms with E-state index in [0.29, 0.717) is 11.3 Å². The van der Waals surface area contributed by atoms with Crippen LogP contribution in [0.3, 0.4) is 0 Å². The van der Waals surface area contributed by atoms with E-state index in [0.717, 1.165) is 0 Å². The van der Waals surface area contributed by atoms with Gasteiger partial charge in [0.05, 0.1) is 36.6 Å². The number of amides is 1. The minimum absolute atomic E-state index is 0.0973. The molecule has 0 aliphatic rings. The summed E-state index contributed by atoms with van der Waals surface area (Å²) in [6, 6.07) is 0. The van der Waals surface area contributed by atoms with Crippen LogP contribution >= 0.6 is 0 Å². The molecular formula is C15H21N5O3. The first-order valence-corrected chi connectivity index (χ1v) is 7.34. The van der Waals surface area contributed by atoms with Gasteiger partial charge in [0.15, 0.2) is 5.69 Å². The summed E-state index contributed by atoms with van der Waals surface area (Å²) in [5.41, 5.74) is 1.09. The number of nitrogens with zero attached hydrogens (tertiary/aromatic N) is 3. The fraction of sp³-hybridized carbons (Fsp3) is 0.467. The minimum atomic E-state index is -0.494. The third kappa shape index (κ3) is 4.18. The number of aromatic nitrogens is 4. The van der Waals surface area contributed by atoms with Crippen molar-refractivity contribution in [1.82, 2.24) is 25.1 Å². The van der Waals surface area contributed by atoms with Gasteiger partial charge in [-0.05, 0) is 27.7 Å². The summed E-state index contributed by atoms with van der Waals surface area (Å²) in [5.74, 6) is -0.634. The molecule has 0 saturated heterocycles. The molecule has 8 nitrogen and oxygen atoms in total. The number of H-pyrrole nitrogens is 1. The molecule has 2 rings (SSSR count). The maximum absolute atomic E-state index is 12.1. The monoisotopic (exact) mass is 319 g/mol. The van der Waals surface area contributed by atoms with Gasteiger partial charge in [-0.1, -0.05) is 0 Å². The molecule has 0 aromatic carbocycles. The number of nitrogens with one attached hydrogen (secondary N) is 2. The summed E-state index contributed by atoms with van der Waals surface area (Å²) in [4.78, 5) is 28.1. The molecule has 2 aromatic heterocycles. The van der Waals surface area contributed by atoms with E-state index in [1.807, 2.05) is 20.8 Å². The molecule has 0 saturated carbocycles. The number of aromatic amines is 1. The molecule has 23 heavy (non-hydrogen) atoms. The van der Waals surface area contributed by atoms with Gasteiger partial charge in [-0.2, -0.15) is 5.10 Å². The van der Waals surface area contributed by atoms with Crippen molar-refractivity contribution in [3.05, 3.63) is 24.4 Å². The lowest BCUT2D eigenvalue weighted by Crippen LogP contribution is -2.42. The van der Waals surface area contributed by atoms with E-state index in [9.17, 15) is 9.59 Å². The van der Waals surface area contributed by atoms with E-state index in [2.05, 4.69) is 20.5 Å². The number of hydrogen-bond acceptors (Lipinski definition) is 5. The van der Waals surface area contributed by atoms with Gasteiger partial charge in [-0.3, -0.25) is 9.89 Å². The predicted octanol–water partition coefficient (Wildman–Crippen LogP) is 1.36. The van der Waals surface area contributed by atoms with Crippen molar-refractivity contribution in [2.24, 2.45) is 0 Å². The fourth-order valence-electron chi connectivity index (χ4n) is 2.12. The lowest BCUT2D eigenvalue weighted by atomic mass is 10.1. The van der Waals surface area contributed by atoms with Crippen LogP contribution in [-0.4, -0.2) is 43.8 Å². The Morgan fingerprint density at radius 2 is 2.09 bits per heavy atom. The Kier molecular flexibility index (Phi) is 4.83. The third-order valence-corrected chi connectivity index (χ3v) is 2.94. The smallest absolute Gasteiger partial charge is 0.357 e. The van der Waals surface area contributed by atoms with E-state index >= 15 is 0 Å². The second kappa shape index (κ2) is 6.64. The van der Waals surface area contributed by atoms with E-state index < -0.39 is 5.97 Å². The van der Waals surface area contributed by atoms with Crippen LogP contribution in [0.4, 0.5) is 0 Å². The van der Waals surface area contributed by atoms with Crippen LogP contribution in [-0.2, 0) is 16.1 Å². The Morgan fingerprint density at radius 3 is 2.74 bits per heavy atom. The highest BCUT2D eigenvalue weighted by atomic mass is 16.5. The number of hydrogen-bond donors (Lipinski definition) is 2. The zero-order valence-corrected chi connectivity index (χ0v) is 13.7. The lowest BCUT2D eigenvalue weighted by molar-refractivity contribution is -0.123. The summed E-state index contributed by atoms with van der Waals surface area (Å²) >= 11 is 0. The summed E-state index contributed by atoms with van der Waals surface area (Å²) in [7, 11) is 0. The van der Waals surface area contributed by atoms with Gasteiger partial charge in [0.25, 0.3) is 0 Å². The highest BCUT2D eigenvalue weighted by Gasteiger charge is 2.21. The predicted molar refractivity (Wildman–Crippen MR) is 83.7 cm³/mol. The Balaban J connectivity index is 2.24. The van der Waals surface area contributed by atoms with Gasteiger partial charge >= 0.3 is 5.97 Å². The second-order valence-corrected chi connectivity index (χ2v) is 6.08. The Morgan fingerprint density at radius 1 is 1.35 bits per heavy atom. The Hall–Kier alpha value is -2.64. The maximum atomic E-state index is 12.1. The van der Waals surface area contributed by atoms with Gasteiger partial charge in [0.1, 0.15) is 6.54 Å². The van der Waals surface area contributed by atoms with Crippen LogP contribution in [0.1, 0.15) is 38.2 Å². The first-order valence-electron chi connectivity index (χ1n) is 7.34. The molecule has 8 heteroatoms. The number of carbonyl (C=O) groups is 2. The average molecular weight is 319 g/mol. The normalized spacial score (nSPS) is 11.3. The summed E-state index contributed by atoms with van der Waals surface area (Å²) in [6.07, 6.45) is 4.64. The number of rotatable bonds is 5. The van der Waals surface area contributed by atoms with Gasteiger partial charge < -0.3 is 14.6 Å². The molecule has 0 aliphatic heterocycles. The van der Waals surface area contributed by atoms with E-state index in [4.69, 9.17) is 4.74 Å². The molecule has 0 bridgehead atoms. The van der Waals surface area contributed by atoms with Crippen LogP contribution in [0.2, 0.25) is 0 Å². The van der Waals surface area contributed by atoms with Gasteiger partial charge in [-0.25, -0.2) is 9.78 Å². The van der Waals surface area contributed by atoms with Crippen LogP contribution in [0, 0.1) is 0 Å². The molecule has 2 heterocycles. The van der Waals surface area contributed by atoms with Gasteiger partial charge in [0.2, 0.25) is 5.91 Å². The fourth-order valence-corrected chi connectivity index (χ4v) is 2.12. The summed E-state index contributed by atoms with van der Waals surface area (Å²) in [6.45, 7) is 7.83. The largest absolute Gasteiger partial charge is 0.461 e. The van der Waals surface area contributed by atoms with Crippen molar-refractivity contribution in [2.45, 2.75) is 39.8 Å². The molecule has 0 radical (unpaired) electrons. The zero-order chi connectivity index (χ0) is 17.0. The van der Waals surface area contributed by atoms with Crippen molar-refractivity contribution in [3.63, 3.8) is 0 Å². The quantitative estimate of drug-likeness (QED) is 0.810. The number of imidazole rings is 1. The third-order valence-electron chi connectivity index (χ3n) is 2.94. The first-order chi connectivity index (χ1) is 10.8. The number of ether oxygens (including phenoxy) is 1. The molecule has 0 spiro atoms. The molecule has 0 atom stereocenters. The van der Waals surface area contributed by atoms with Crippen molar-refractivity contribution in [1.29, 1.82) is 0 Å². The Bertz CT molecular complexity index is 696. The maximum Gasteiger partial charge on any atom is 0.357 e. The molecule has 124 valence electrons. The van der Waals surface area contributed by atoms with Crippen molar-refractivity contribution < 1.29 is 14.3 Å². The van der Waals surface area contributed by atoms with Crippen LogP contribution in [0.25, 0.3) is 11.3 Å². The molecule has 0 fully saturated rings. The second-order valence-electron chi connectivity index (χ2n) is 6.08. The van der Waals surface area contributed by atoms with Crippen LogP contribution in [0.5, 0.6) is 0 Å². The summed E-state index contributed by atoms with van der Waals surface area (Å²) in [5, 5.41) is 9.41. The lowest BCUT2D eigenvalue weighted by Gasteiger charge is -2.21. The van der Waals surface area contributed by atoms with Crippen LogP contribution in [0.15, 0.2) is 18.7 Å². The standard InChI is InChI=1S/C15H21N5O3/c1-5-23-14(22)13-10(6-17-19-13)11-7-16-9-20(11)8-12(21)18-15(2,3)4/h6-7,9H,5,8H2,1-4H3,(H,17,19)(H,18,21). The Labute approximate surface area is 134 Å². The highest BCUT2D eigenvalue weighted by Crippen LogP contribution is 2.22. The average Bonchev–Trinajstić information content (AvgIpc) is 3.04. The number of esters is 1. The van der Waals surface area contributed by atoms with Gasteiger partial charge in [0, 0.05) is 5.54 Å². The minimum Gasteiger partial charge on any atom is -0.461 e. The molecule has 0 unspecified atom stereocenters. The van der Waals surface area contributed by atoms with Crippen molar-refractivity contribution in [3.8, 4) is 11.3 Å². The molecule has 2 aromatic rings. The zero-order valence-electron chi connectivity index (χ0n) is 13.7. The van der Waals surface area contributed by atoms with Crippen molar-refractivity contribution in [2.75, 3.05) is 6.61 Å². The topological polar surface area (TPSA) is 102 Å². The van der Waals surface area contributed by atoms with Crippen LogP contribution < -0.4 is 5.32 Å². The summed E-state index contributed by atoms with van der Waals surface area (Å²) < 4.78 is 6.65. The van der Waals surface area contributed by atoms with E-state index in [-0.39, 0.29) is 30.3 Å². The van der Waals surface area contributed by atoms with E-state index in [1.54, 1.807) is 24.0 Å². The highest BCUT2D eigenvalue weighted by molar-refractivity contribution is 5.94. The SMILES string of the molecule is CCOC(=O)c1[nH]ncc1-c1cncn1CC(=O)NC(C)(C)C. The molecular weight excluding hydrogens is 298 g/mol. The molecule has 0 aliphatic carbocycles.